The highest BCUT2D eigenvalue weighted by atomic mass is 16.3. The van der Waals surface area contributed by atoms with E-state index in [2.05, 4.69) is 10.3 Å². The molecular formula is C8H12N2O. The predicted molar refractivity (Wildman–Crippen MR) is 42.1 cm³/mol. The van der Waals surface area contributed by atoms with Crippen molar-refractivity contribution in [2.24, 2.45) is 0 Å². The van der Waals surface area contributed by atoms with E-state index in [9.17, 15) is 5.11 Å². The second-order valence-corrected chi connectivity index (χ2v) is 2.89. The number of aliphatic hydroxyl groups excluding tert-OH is 1. The second kappa shape index (κ2) is 2.68. The molecule has 0 saturated carbocycles. The summed E-state index contributed by atoms with van der Waals surface area (Å²) in [5.74, 6) is 0. The lowest BCUT2D eigenvalue weighted by molar-refractivity contribution is 0.170. The van der Waals surface area contributed by atoms with Gasteiger partial charge in [0.1, 0.15) is 0 Å². The third kappa shape index (κ3) is 1.17. The Labute approximate surface area is 65.4 Å². The first kappa shape index (κ1) is 6.88. The summed E-state index contributed by atoms with van der Waals surface area (Å²) in [7, 11) is 0. The van der Waals surface area contributed by atoms with E-state index in [1.807, 2.05) is 12.3 Å². The molecule has 1 aliphatic heterocycles. The molecule has 60 valence electrons. The van der Waals surface area contributed by atoms with E-state index < -0.39 is 0 Å². The van der Waals surface area contributed by atoms with Crippen LogP contribution >= 0.6 is 0 Å². The van der Waals surface area contributed by atoms with Gasteiger partial charge in [-0.3, -0.25) is 0 Å². The molecular weight excluding hydrogens is 140 g/mol. The molecule has 3 N–H and O–H groups in total. The molecule has 0 saturated heterocycles. The lowest BCUT2D eigenvalue weighted by Gasteiger charge is -2.04. The average molecular weight is 152 g/mol. The Bertz CT molecular complexity index is 244. The summed E-state index contributed by atoms with van der Waals surface area (Å²) in [5, 5.41) is 12.8. The fourth-order valence-corrected chi connectivity index (χ4v) is 1.49. The Kier molecular flexibility index (Phi) is 1.68. The molecule has 0 radical (unpaired) electrons. The van der Waals surface area contributed by atoms with Crippen molar-refractivity contribution in [1.82, 2.24) is 10.3 Å². The van der Waals surface area contributed by atoms with Crippen molar-refractivity contribution in [3.63, 3.8) is 0 Å². The topological polar surface area (TPSA) is 48.0 Å². The Morgan fingerprint density at radius 2 is 2.45 bits per heavy atom. The van der Waals surface area contributed by atoms with Crippen molar-refractivity contribution < 1.29 is 5.11 Å². The Hall–Kier alpha value is -0.800. The van der Waals surface area contributed by atoms with Crippen molar-refractivity contribution in [3.8, 4) is 0 Å². The average Bonchev–Trinajstić information content (AvgIpc) is 2.40. The van der Waals surface area contributed by atoms with Crippen LogP contribution in [0.1, 0.15) is 23.8 Å². The standard InChI is InChI=1S/C8H12N2O/c11-8-2-3-9-5-7-6(8)1-4-10-7/h1,4,8-11H,2-3,5H2. The number of hydrogen-bond acceptors (Lipinski definition) is 2. The normalized spacial score (nSPS) is 24.3. The van der Waals surface area contributed by atoms with Crippen LogP contribution in [-0.4, -0.2) is 16.6 Å². The van der Waals surface area contributed by atoms with Crippen LogP contribution < -0.4 is 5.32 Å². The van der Waals surface area contributed by atoms with E-state index in [0.717, 1.165) is 30.8 Å². The van der Waals surface area contributed by atoms with Crippen molar-refractivity contribution in [3.05, 3.63) is 23.5 Å². The summed E-state index contributed by atoms with van der Waals surface area (Å²) in [6.07, 6.45) is 2.40. The number of aliphatic hydroxyl groups is 1. The quantitative estimate of drug-likeness (QED) is 0.508. The Balaban J connectivity index is 2.34. The van der Waals surface area contributed by atoms with Gasteiger partial charge in [-0.1, -0.05) is 0 Å². The number of nitrogens with one attached hydrogen (secondary N) is 2. The summed E-state index contributed by atoms with van der Waals surface area (Å²) in [6.45, 7) is 1.74. The first-order chi connectivity index (χ1) is 5.38. The number of aromatic amines is 1. The number of rotatable bonds is 0. The number of hydrogen-bond donors (Lipinski definition) is 3. The maximum absolute atomic E-state index is 9.57. The molecule has 2 rings (SSSR count). The molecule has 0 amide bonds. The summed E-state index contributed by atoms with van der Waals surface area (Å²) in [4.78, 5) is 3.11. The highest BCUT2D eigenvalue weighted by Gasteiger charge is 2.15. The molecule has 11 heavy (non-hydrogen) atoms. The van der Waals surface area contributed by atoms with Crippen LogP contribution in [-0.2, 0) is 6.54 Å². The highest BCUT2D eigenvalue weighted by Crippen LogP contribution is 2.21. The fourth-order valence-electron chi connectivity index (χ4n) is 1.49. The van der Waals surface area contributed by atoms with Gasteiger partial charge in [-0.2, -0.15) is 0 Å². The zero-order valence-corrected chi connectivity index (χ0v) is 6.30. The molecule has 1 aromatic heterocycles. The summed E-state index contributed by atoms with van der Waals surface area (Å²) < 4.78 is 0. The van der Waals surface area contributed by atoms with Gasteiger partial charge in [0.15, 0.2) is 0 Å². The van der Waals surface area contributed by atoms with Crippen LogP contribution in [0.15, 0.2) is 12.3 Å². The third-order valence-corrected chi connectivity index (χ3v) is 2.12. The molecule has 1 atom stereocenters. The van der Waals surface area contributed by atoms with Gasteiger partial charge in [-0.15, -0.1) is 0 Å². The van der Waals surface area contributed by atoms with Crippen LogP contribution in [0.4, 0.5) is 0 Å². The van der Waals surface area contributed by atoms with Crippen molar-refractivity contribution in [1.29, 1.82) is 0 Å². The van der Waals surface area contributed by atoms with Gasteiger partial charge in [-0.25, -0.2) is 0 Å². The van der Waals surface area contributed by atoms with Gasteiger partial charge in [0.05, 0.1) is 6.10 Å². The largest absolute Gasteiger partial charge is 0.388 e. The minimum absolute atomic E-state index is 0.286. The van der Waals surface area contributed by atoms with Gasteiger partial charge in [0, 0.05) is 24.0 Å². The van der Waals surface area contributed by atoms with E-state index >= 15 is 0 Å². The van der Waals surface area contributed by atoms with Crippen LogP contribution in [0.3, 0.4) is 0 Å². The SMILES string of the molecule is OC1CCNCc2[nH]ccc21. The van der Waals surface area contributed by atoms with E-state index in [0.29, 0.717) is 0 Å². The second-order valence-electron chi connectivity index (χ2n) is 2.89. The summed E-state index contributed by atoms with van der Waals surface area (Å²) >= 11 is 0. The fraction of sp³-hybridized carbons (Fsp3) is 0.500. The first-order valence-corrected chi connectivity index (χ1v) is 3.93. The van der Waals surface area contributed by atoms with E-state index in [1.54, 1.807) is 0 Å². The first-order valence-electron chi connectivity index (χ1n) is 3.93. The molecule has 2 heterocycles. The van der Waals surface area contributed by atoms with Crippen molar-refractivity contribution >= 4 is 0 Å². The zero-order valence-electron chi connectivity index (χ0n) is 6.30. The van der Waals surface area contributed by atoms with Crippen LogP contribution in [0.2, 0.25) is 0 Å². The van der Waals surface area contributed by atoms with Gasteiger partial charge in [0.25, 0.3) is 0 Å². The maximum atomic E-state index is 9.57. The predicted octanol–water partition coefficient (Wildman–Crippen LogP) is 0.541. The van der Waals surface area contributed by atoms with Crippen molar-refractivity contribution in [2.45, 2.75) is 19.1 Å². The molecule has 0 spiro atoms. The van der Waals surface area contributed by atoms with Gasteiger partial charge < -0.3 is 15.4 Å². The maximum Gasteiger partial charge on any atom is 0.0820 e. The molecule has 3 heteroatoms. The smallest absolute Gasteiger partial charge is 0.0820 e. The molecule has 3 nitrogen and oxygen atoms in total. The van der Waals surface area contributed by atoms with Crippen LogP contribution in [0.25, 0.3) is 0 Å². The van der Waals surface area contributed by atoms with E-state index in [4.69, 9.17) is 0 Å². The molecule has 0 bridgehead atoms. The van der Waals surface area contributed by atoms with Crippen molar-refractivity contribution in [2.75, 3.05) is 6.54 Å². The minimum atomic E-state index is -0.286. The molecule has 1 aliphatic rings. The summed E-state index contributed by atoms with van der Waals surface area (Å²) in [5.41, 5.74) is 2.17. The number of aromatic nitrogens is 1. The highest BCUT2D eigenvalue weighted by molar-refractivity contribution is 5.23. The monoisotopic (exact) mass is 152 g/mol. The zero-order chi connectivity index (χ0) is 7.68. The van der Waals surface area contributed by atoms with Gasteiger partial charge >= 0.3 is 0 Å². The Morgan fingerprint density at radius 3 is 3.36 bits per heavy atom. The van der Waals surface area contributed by atoms with E-state index in [1.165, 1.54) is 0 Å². The van der Waals surface area contributed by atoms with E-state index in [-0.39, 0.29) is 6.10 Å². The van der Waals surface area contributed by atoms with Gasteiger partial charge in [-0.05, 0) is 19.0 Å². The minimum Gasteiger partial charge on any atom is -0.388 e. The number of fused-ring (bicyclic) bond motifs is 1. The lowest BCUT2D eigenvalue weighted by Crippen LogP contribution is -2.12. The molecule has 0 aromatic carbocycles. The molecule has 0 aliphatic carbocycles. The van der Waals surface area contributed by atoms with Gasteiger partial charge in [0.2, 0.25) is 0 Å². The number of H-pyrrole nitrogens is 1. The van der Waals surface area contributed by atoms with Crippen LogP contribution in [0, 0.1) is 0 Å². The molecule has 1 unspecified atom stereocenters. The third-order valence-electron chi connectivity index (χ3n) is 2.12. The summed E-state index contributed by atoms with van der Waals surface area (Å²) in [6, 6.07) is 1.95. The lowest BCUT2D eigenvalue weighted by atomic mass is 10.1. The Morgan fingerprint density at radius 1 is 1.55 bits per heavy atom. The molecule has 1 aromatic rings. The van der Waals surface area contributed by atoms with Crippen LogP contribution in [0.5, 0.6) is 0 Å². The molecule has 0 fully saturated rings.